The Bertz CT molecular complexity index is 577. The Morgan fingerprint density at radius 3 is 2.79 bits per heavy atom. The zero-order valence-corrected chi connectivity index (χ0v) is 12.4. The van der Waals surface area contributed by atoms with Crippen molar-refractivity contribution in [2.75, 3.05) is 13.7 Å². The van der Waals surface area contributed by atoms with Gasteiger partial charge in [0.25, 0.3) is 0 Å². The molecule has 1 atom stereocenters. The van der Waals surface area contributed by atoms with Crippen LogP contribution in [-0.2, 0) is 6.42 Å². The minimum Gasteiger partial charge on any atom is -0.497 e. The molecular formula is C15H21ClN2O. The number of halogens is 1. The zero-order chi connectivity index (χ0) is 12.7. The minimum atomic E-state index is 0. The number of methoxy groups -OCH3 is 1. The van der Waals surface area contributed by atoms with Gasteiger partial charge < -0.3 is 15.0 Å². The highest BCUT2D eigenvalue weighted by Gasteiger charge is 2.25. The zero-order valence-electron chi connectivity index (χ0n) is 11.6. The lowest BCUT2D eigenvalue weighted by molar-refractivity contribution is 0.389. The van der Waals surface area contributed by atoms with E-state index in [0.717, 1.165) is 18.7 Å². The molecule has 1 aromatic carbocycles. The molecule has 0 saturated carbocycles. The van der Waals surface area contributed by atoms with Crippen molar-refractivity contribution < 1.29 is 4.74 Å². The molecule has 0 radical (unpaired) electrons. The summed E-state index contributed by atoms with van der Waals surface area (Å²) in [5.41, 5.74) is 4.04. The molecule has 4 heteroatoms. The third-order valence-corrected chi connectivity index (χ3v) is 3.86. The molecule has 2 aromatic rings. The van der Waals surface area contributed by atoms with Crippen molar-refractivity contribution in [3.63, 3.8) is 0 Å². The first kappa shape index (κ1) is 14.2. The number of aromatic amines is 1. The fraction of sp³-hybridized carbons (Fsp3) is 0.467. The van der Waals surface area contributed by atoms with E-state index >= 15 is 0 Å². The number of H-pyrrole nitrogens is 1. The van der Waals surface area contributed by atoms with Crippen molar-refractivity contribution in [1.82, 2.24) is 10.3 Å². The summed E-state index contributed by atoms with van der Waals surface area (Å²) >= 11 is 0. The van der Waals surface area contributed by atoms with Crippen LogP contribution in [0.3, 0.4) is 0 Å². The lowest BCUT2D eigenvalue weighted by atomic mass is 9.92. The Morgan fingerprint density at radius 1 is 1.32 bits per heavy atom. The van der Waals surface area contributed by atoms with Crippen molar-refractivity contribution in [3.05, 3.63) is 29.5 Å². The molecular weight excluding hydrogens is 260 g/mol. The maximum Gasteiger partial charge on any atom is 0.119 e. The van der Waals surface area contributed by atoms with Crippen LogP contribution >= 0.6 is 12.4 Å². The largest absolute Gasteiger partial charge is 0.497 e. The third-order valence-electron chi connectivity index (χ3n) is 3.86. The van der Waals surface area contributed by atoms with Crippen molar-refractivity contribution in [3.8, 4) is 5.75 Å². The molecule has 0 spiro atoms. The summed E-state index contributed by atoms with van der Waals surface area (Å²) in [4.78, 5) is 3.58. The fourth-order valence-corrected chi connectivity index (χ4v) is 2.93. The lowest BCUT2D eigenvalue weighted by Gasteiger charge is -2.27. The summed E-state index contributed by atoms with van der Waals surface area (Å²) in [7, 11) is 1.72. The van der Waals surface area contributed by atoms with Crippen molar-refractivity contribution >= 4 is 23.3 Å². The summed E-state index contributed by atoms with van der Waals surface area (Å²) in [6.45, 7) is 5.58. The minimum absolute atomic E-state index is 0. The summed E-state index contributed by atoms with van der Waals surface area (Å²) in [6, 6.07) is 6.71. The SMILES string of the molecule is COc1ccc2[nH]c3c(c2c1)CCNC3C(C)C.Cl. The van der Waals surface area contributed by atoms with Gasteiger partial charge in [0.2, 0.25) is 0 Å². The molecule has 2 heterocycles. The smallest absolute Gasteiger partial charge is 0.119 e. The first-order valence-electron chi connectivity index (χ1n) is 6.62. The second kappa shape index (κ2) is 5.43. The molecule has 1 aliphatic heterocycles. The van der Waals surface area contributed by atoms with Gasteiger partial charge in [-0.25, -0.2) is 0 Å². The first-order valence-corrected chi connectivity index (χ1v) is 6.62. The Kier molecular flexibility index (Phi) is 4.07. The molecule has 104 valence electrons. The molecule has 1 aromatic heterocycles. The Labute approximate surface area is 120 Å². The van der Waals surface area contributed by atoms with Crippen molar-refractivity contribution in [1.29, 1.82) is 0 Å². The van der Waals surface area contributed by atoms with E-state index in [1.165, 1.54) is 22.2 Å². The van der Waals surface area contributed by atoms with E-state index in [1.54, 1.807) is 7.11 Å². The Hall–Kier alpha value is -1.19. The Balaban J connectivity index is 0.00000133. The van der Waals surface area contributed by atoms with E-state index in [4.69, 9.17) is 4.74 Å². The van der Waals surface area contributed by atoms with E-state index in [0.29, 0.717) is 12.0 Å². The highest BCUT2D eigenvalue weighted by Crippen LogP contribution is 2.34. The second-order valence-electron chi connectivity index (χ2n) is 5.35. The monoisotopic (exact) mass is 280 g/mol. The van der Waals surface area contributed by atoms with Gasteiger partial charge in [-0.1, -0.05) is 13.8 Å². The molecule has 0 amide bonds. The van der Waals surface area contributed by atoms with Gasteiger partial charge >= 0.3 is 0 Å². The van der Waals surface area contributed by atoms with Crippen molar-refractivity contribution in [2.45, 2.75) is 26.3 Å². The van der Waals surface area contributed by atoms with Crippen LogP contribution in [0.4, 0.5) is 0 Å². The van der Waals surface area contributed by atoms with Gasteiger partial charge in [0, 0.05) is 22.6 Å². The predicted octanol–water partition coefficient (Wildman–Crippen LogP) is 3.44. The standard InChI is InChI=1S/C15H20N2O.ClH/c1-9(2)14-15-11(6-7-16-14)12-8-10(18-3)4-5-13(12)17-15;/h4-5,8-9,14,16-17H,6-7H2,1-3H3;1H. The molecule has 3 rings (SSSR count). The molecule has 0 aliphatic carbocycles. The quantitative estimate of drug-likeness (QED) is 0.884. The lowest BCUT2D eigenvalue weighted by Crippen LogP contribution is -2.32. The van der Waals surface area contributed by atoms with E-state index in [9.17, 15) is 0 Å². The van der Waals surface area contributed by atoms with Crippen LogP contribution < -0.4 is 10.1 Å². The number of nitrogens with one attached hydrogen (secondary N) is 2. The average Bonchev–Trinajstić information content (AvgIpc) is 2.75. The maximum atomic E-state index is 5.33. The van der Waals surface area contributed by atoms with Crippen LogP contribution in [0.15, 0.2) is 18.2 Å². The summed E-state index contributed by atoms with van der Waals surface area (Å²) in [5.74, 6) is 1.53. The number of ether oxygens (including phenoxy) is 1. The molecule has 19 heavy (non-hydrogen) atoms. The van der Waals surface area contributed by atoms with E-state index in [-0.39, 0.29) is 12.4 Å². The number of rotatable bonds is 2. The summed E-state index contributed by atoms with van der Waals surface area (Å²) < 4.78 is 5.33. The van der Waals surface area contributed by atoms with Gasteiger partial charge in [0.05, 0.1) is 7.11 Å². The number of aromatic nitrogens is 1. The number of benzene rings is 1. The maximum absolute atomic E-state index is 5.33. The second-order valence-corrected chi connectivity index (χ2v) is 5.35. The molecule has 2 N–H and O–H groups in total. The molecule has 1 unspecified atom stereocenters. The molecule has 0 bridgehead atoms. The van der Waals surface area contributed by atoms with Crippen LogP contribution in [0.25, 0.3) is 10.9 Å². The fourth-order valence-electron chi connectivity index (χ4n) is 2.93. The predicted molar refractivity (Wildman–Crippen MR) is 81.4 cm³/mol. The van der Waals surface area contributed by atoms with Crippen LogP contribution in [0.5, 0.6) is 5.75 Å². The highest BCUT2D eigenvalue weighted by atomic mass is 35.5. The average molecular weight is 281 g/mol. The van der Waals surface area contributed by atoms with Crippen LogP contribution in [0.1, 0.15) is 31.1 Å². The van der Waals surface area contributed by atoms with Gasteiger partial charge in [0.15, 0.2) is 0 Å². The number of fused-ring (bicyclic) bond motifs is 3. The molecule has 0 fully saturated rings. The summed E-state index contributed by atoms with van der Waals surface area (Å²) in [5, 5.41) is 4.92. The molecule has 1 aliphatic rings. The van der Waals surface area contributed by atoms with E-state index in [2.05, 4.69) is 36.3 Å². The summed E-state index contributed by atoms with van der Waals surface area (Å²) in [6.07, 6.45) is 1.09. The normalized spacial score (nSPS) is 18.2. The van der Waals surface area contributed by atoms with E-state index < -0.39 is 0 Å². The molecule has 3 nitrogen and oxygen atoms in total. The van der Waals surface area contributed by atoms with Gasteiger partial charge in [-0.3, -0.25) is 0 Å². The first-order chi connectivity index (χ1) is 8.70. The van der Waals surface area contributed by atoms with Gasteiger partial charge in [-0.2, -0.15) is 0 Å². The highest BCUT2D eigenvalue weighted by molar-refractivity contribution is 5.86. The molecule has 0 saturated heterocycles. The van der Waals surface area contributed by atoms with Crippen LogP contribution in [0.2, 0.25) is 0 Å². The topological polar surface area (TPSA) is 37.0 Å². The van der Waals surface area contributed by atoms with Crippen molar-refractivity contribution in [2.24, 2.45) is 5.92 Å². The van der Waals surface area contributed by atoms with Gasteiger partial charge in [-0.15, -0.1) is 12.4 Å². The Morgan fingerprint density at radius 2 is 2.11 bits per heavy atom. The third kappa shape index (κ3) is 2.33. The van der Waals surface area contributed by atoms with Gasteiger partial charge in [-0.05, 0) is 42.6 Å². The van der Waals surface area contributed by atoms with E-state index in [1.807, 2.05) is 6.07 Å². The van der Waals surface area contributed by atoms with Gasteiger partial charge in [0.1, 0.15) is 5.75 Å². The van der Waals surface area contributed by atoms with Crippen LogP contribution in [-0.4, -0.2) is 18.6 Å². The van der Waals surface area contributed by atoms with Crippen LogP contribution in [0, 0.1) is 5.92 Å². The number of hydrogen-bond donors (Lipinski definition) is 2. The number of hydrogen-bond acceptors (Lipinski definition) is 2.